The highest BCUT2D eigenvalue weighted by Gasteiger charge is 2.17. The van der Waals surface area contributed by atoms with Crippen molar-refractivity contribution in [2.75, 3.05) is 32.9 Å². The molecule has 104 valence electrons. The molecule has 0 unspecified atom stereocenters. The van der Waals surface area contributed by atoms with E-state index in [1.165, 1.54) is 0 Å². The second-order valence-corrected chi connectivity index (χ2v) is 6.16. The van der Waals surface area contributed by atoms with Crippen LogP contribution in [0.15, 0.2) is 0 Å². The van der Waals surface area contributed by atoms with Crippen molar-refractivity contribution in [2.24, 2.45) is 11.3 Å². The van der Waals surface area contributed by atoms with Crippen LogP contribution in [0.1, 0.15) is 41.5 Å². The summed E-state index contributed by atoms with van der Waals surface area (Å²) >= 11 is 0. The standard InChI is InChI=1S/C14H31NO2/c1-12(2)9-15-10-14(5,6)11-16-7-8-17-13(3)4/h12-13,15H,7-11H2,1-6H3. The average Bonchev–Trinajstić information content (AvgIpc) is 2.15. The number of ether oxygens (including phenoxy) is 2. The number of nitrogens with one attached hydrogen (secondary N) is 1. The largest absolute Gasteiger partial charge is 0.378 e. The Balaban J connectivity index is 3.50. The predicted octanol–water partition coefficient (Wildman–Crippen LogP) is 2.70. The maximum Gasteiger partial charge on any atom is 0.0703 e. The van der Waals surface area contributed by atoms with Crippen LogP contribution in [0.25, 0.3) is 0 Å². The molecule has 0 heterocycles. The molecule has 17 heavy (non-hydrogen) atoms. The Morgan fingerprint density at radius 1 is 1.06 bits per heavy atom. The van der Waals surface area contributed by atoms with E-state index in [2.05, 4.69) is 33.0 Å². The normalized spacial score (nSPS) is 12.7. The van der Waals surface area contributed by atoms with E-state index in [1.807, 2.05) is 13.8 Å². The third-order valence-corrected chi connectivity index (χ3v) is 2.33. The minimum absolute atomic E-state index is 0.187. The molecular weight excluding hydrogens is 214 g/mol. The van der Waals surface area contributed by atoms with Crippen molar-refractivity contribution in [3.8, 4) is 0 Å². The molecule has 0 spiro atoms. The highest BCUT2D eigenvalue weighted by Crippen LogP contribution is 2.13. The molecule has 0 rings (SSSR count). The quantitative estimate of drug-likeness (QED) is 0.600. The minimum Gasteiger partial charge on any atom is -0.378 e. The van der Waals surface area contributed by atoms with Gasteiger partial charge >= 0.3 is 0 Å². The average molecular weight is 245 g/mol. The summed E-state index contributed by atoms with van der Waals surface area (Å²) < 4.78 is 11.1. The molecule has 0 aliphatic heterocycles. The molecule has 0 fully saturated rings. The first-order chi connectivity index (χ1) is 7.83. The molecule has 0 aromatic carbocycles. The summed E-state index contributed by atoms with van der Waals surface area (Å²) in [5, 5.41) is 3.47. The Morgan fingerprint density at radius 3 is 2.24 bits per heavy atom. The van der Waals surface area contributed by atoms with Gasteiger partial charge in [0.15, 0.2) is 0 Å². The lowest BCUT2D eigenvalue weighted by molar-refractivity contribution is -0.00328. The molecule has 0 aliphatic rings. The molecule has 0 atom stereocenters. The molecule has 3 nitrogen and oxygen atoms in total. The molecule has 0 saturated heterocycles. The van der Waals surface area contributed by atoms with Gasteiger partial charge < -0.3 is 14.8 Å². The Hall–Kier alpha value is -0.120. The van der Waals surface area contributed by atoms with Gasteiger partial charge in [-0.05, 0) is 26.3 Å². The van der Waals surface area contributed by atoms with Crippen molar-refractivity contribution in [1.82, 2.24) is 5.32 Å². The van der Waals surface area contributed by atoms with Crippen molar-refractivity contribution >= 4 is 0 Å². The van der Waals surface area contributed by atoms with Gasteiger partial charge in [0.05, 0.1) is 25.9 Å². The van der Waals surface area contributed by atoms with Gasteiger partial charge in [0, 0.05) is 12.0 Å². The van der Waals surface area contributed by atoms with Gasteiger partial charge in [0.25, 0.3) is 0 Å². The van der Waals surface area contributed by atoms with Gasteiger partial charge in [-0.25, -0.2) is 0 Å². The van der Waals surface area contributed by atoms with E-state index < -0.39 is 0 Å². The van der Waals surface area contributed by atoms with E-state index in [9.17, 15) is 0 Å². The minimum atomic E-state index is 0.187. The molecule has 0 amide bonds. The third-order valence-electron chi connectivity index (χ3n) is 2.33. The Labute approximate surface area is 107 Å². The maximum absolute atomic E-state index is 5.64. The first-order valence-electron chi connectivity index (χ1n) is 6.73. The van der Waals surface area contributed by atoms with Gasteiger partial charge in [0.2, 0.25) is 0 Å². The fourth-order valence-electron chi connectivity index (χ4n) is 1.44. The number of rotatable bonds is 10. The summed E-state index contributed by atoms with van der Waals surface area (Å²) in [5.41, 5.74) is 0.187. The first kappa shape index (κ1) is 16.9. The molecular formula is C14H31NO2. The molecule has 1 N–H and O–H groups in total. The van der Waals surface area contributed by atoms with Gasteiger partial charge in [-0.1, -0.05) is 27.7 Å². The summed E-state index contributed by atoms with van der Waals surface area (Å²) in [6.07, 6.45) is 0.291. The lowest BCUT2D eigenvalue weighted by atomic mass is 9.94. The summed E-state index contributed by atoms with van der Waals surface area (Å²) in [5.74, 6) is 0.700. The van der Waals surface area contributed by atoms with Crippen LogP contribution in [-0.4, -0.2) is 39.0 Å². The van der Waals surface area contributed by atoms with Gasteiger partial charge in [-0.15, -0.1) is 0 Å². The maximum atomic E-state index is 5.64. The highest BCUT2D eigenvalue weighted by molar-refractivity contribution is 4.71. The lowest BCUT2D eigenvalue weighted by Gasteiger charge is -2.25. The van der Waals surface area contributed by atoms with Gasteiger partial charge in [-0.3, -0.25) is 0 Å². The van der Waals surface area contributed by atoms with Crippen LogP contribution in [-0.2, 0) is 9.47 Å². The third kappa shape index (κ3) is 12.1. The first-order valence-corrected chi connectivity index (χ1v) is 6.73. The zero-order valence-electron chi connectivity index (χ0n) is 12.5. The molecule has 0 saturated carbocycles. The van der Waals surface area contributed by atoms with Gasteiger partial charge in [-0.2, -0.15) is 0 Å². The van der Waals surface area contributed by atoms with Crippen LogP contribution in [0.5, 0.6) is 0 Å². The van der Waals surface area contributed by atoms with Crippen molar-refractivity contribution in [2.45, 2.75) is 47.6 Å². The van der Waals surface area contributed by atoms with Crippen molar-refractivity contribution < 1.29 is 9.47 Å². The molecule has 0 bridgehead atoms. The summed E-state index contributed by atoms with van der Waals surface area (Å²) in [7, 11) is 0. The van der Waals surface area contributed by atoms with E-state index in [4.69, 9.17) is 9.47 Å². The zero-order valence-corrected chi connectivity index (χ0v) is 12.5. The summed E-state index contributed by atoms with van der Waals surface area (Å²) in [6, 6.07) is 0. The van der Waals surface area contributed by atoms with Crippen LogP contribution in [0.3, 0.4) is 0 Å². The van der Waals surface area contributed by atoms with E-state index >= 15 is 0 Å². The number of hydrogen-bond donors (Lipinski definition) is 1. The Morgan fingerprint density at radius 2 is 1.71 bits per heavy atom. The van der Waals surface area contributed by atoms with Gasteiger partial charge in [0.1, 0.15) is 0 Å². The second kappa shape index (κ2) is 8.90. The second-order valence-electron chi connectivity index (χ2n) is 6.16. The van der Waals surface area contributed by atoms with Crippen LogP contribution >= 0.6 is 0 Å². The van der Waals surface area contributed by atoms with E-state index in [-0.39, 0.29) is 5.41 Å². The Kier molecular flexibility index (Phi) is 8.83. The molecule has 0 aromatic heterocycles. The van der Waals surface area contributed by atoms with Crippen LogP contribution in [0.2, 0.25) is 0 Å². The van der Waals surface area contributed by atoms with Crippen LogP contribution < -0.4 is 5.32 Å². The number of hydrogen-bond acceptors (Lipinski definition) is 3. The lowest BCUT2D eigenvalue weighted by Crippen LogP contribution is -2.35. The summed E-state index contributed by atoms with van der Waals surface area (Å²) in [4.78, 5) is 0. The molecule has 3 heteroatoms. The summed E-state index contributed by atoms with van der Waals surface area (Å²) in [6.45, 7) is 17.2. The smallest absolute Gasteiger partial charge is 0.0703 e. The zero-order chi connectivity index (χ0) is 13.3. The Bertz CT molecular complexity index is 179. The van der Waals surface area contributed by atoms with Crippen LogP contribution in [0, 0.1) is 11.3 Å². The highest BCUT2D eigenvalue weighted by atomic mass is 16.5. The fraction of sp³-hybridized carbons (Fsp3) is 1.00. The van der Waals surface area contributed by atoms with Crippen molar-refractivity contribution in [3.05, 3.63) is 0 Å². The van der Waals surface area contributed by atoms with Crippen molar-refractivity contribution in [3.63, 3.8) is 0 Å². The monoisotopic (exact) mass is 245 g/mol. The molecule has 0 aliphatic carbocycles. The SMILES string of the molecule is CC(C)CNCC(C)(C)COCCOC(C)C. The molecule has 0 radical (unpaired) electrons. The van der Waals surface area contributed by atoms with Crippen molar-refractivity contribution in [1.29, 1.82) is 0 Å². The van der Waals surface area contributed by atoms with E-state index in [0.29, 0.717) is 25.2 Å². The molecule has 0 aromatic rings. The predicted molar refractivity (Wildman–Crippen MR) is 73.4 cm³/mol. The van der Waals surface area contributed by atoms with E-state index in [0.717, 1.165) is 19.7 Å². The fourth-order valence-corrected chi connectivity index (χ4v) is 1.44. The van der Waals surface area contributed by atoms with E-state index in [1.54, 1.807) is 0 Å². The topological polar surface area (TPSA) is 30.5 Å². The van der Waals surface area contributed by atoms with Crippen LogP contribution in [0.4, 0.5) is 0 Å².